The second-order valence-corrected chi connectivity index (χ2v) is 13.4. The van der Waals surface area contributed by atoms with Crippen LogP contribution in [0.3, 0.4) is 0 Å². The fraction of sp³-hybridized carbons (Fsp3) is 0.486. The van der Waals surface area contributed by atoms with E-state index in [4.69, 9.17) is 34.7 Å². The number of carbonyl (C=O) groups is 1. The molecule has 1 aliphatic heterocycles. The maximum atomic E-state index is 14.0. The van der Waals surface area contributed by atoms with E-state index >= 15 is 0 Å². The van der Waals surface area contributed by atoms with E-state index in [0.717, 1.165) is 61.8 Å². The van der Waals surface area contributed by atoms with Gasteiger partial charge in [0.15, 0.2) is 5.96 Å². The SMILES string of the molecule is CN=C(N)NCCCCC1CN(C(=O)Cc2ccc3ccccc3c2)[C@H](CC(C)C)CN1C[C@@H](N)Cc1ccc(Cl)cc1Cl. The van der Waals surface area contributed by atoms with Gasteiger partial charge in [0.1, 0.15) is 0 Å². The van der Waals surface area contributed by atoms with Gasteiger partial charge in [-0.3, -0.25) is 14.7 Å². The number of unbranched alkanes of at least 4 members (excludes halogenated alkanes) is 1. The summed E-state index contributed by atoms with van der Waals surface area (Å²) in [5.74, 6) is 1.12. The normalized spacial score (nSPS) is 18.6. The molecule has 3 aromatic carbocycles. The van der Waals surface area contributed by atoms with E-state index in [1.807, 2.05) is 24.3 Å². The van der Waals surface area contributed by atoms with Crippen molar-refractivity contribution >= 4 is 45.8 Å². The van der Waals surface area contributed by atoms with Crippen LogP contribution in [0.25, 0.3) is 10.8 Å². The molecule has 1 amide bonds. The summed E-state index contributed by atoms with van der Waals surface area (Å²) in [4.78, 5) is 22.6. The molecule has 7 nitrogen and oxygen atoms in total. The maximum Gasteiger partial charge on any atom is 0.227 e. The van der Waals surface area contributed by atoms with Crippen LogP contribution in [0.5, 0.6) is 0 Å². The fourth-order valence-electron chi connectivity index (χ4n) is 6.32. The van der Waals surface area contributed by atoms with E-state index < -0.39 is 0 Å². The molecule has 1 heterocycles. The predicted octanol–water partition coefficient (Wildman–Crippen LogP) is 5.89. The van der Waals surface area contributed by atoms with Gasteiger partial charge in [-0.1, -0.05) is 92.0 Å². The number of amides is 1. The molecule has 5 N–H and O–H groups in total. The summed E-state index contributed by atoms with van der Waals surface area (Å²) in [7, 11) is 1.68. The van der Waals surface area contributed by atoms with Crippen LogP contribution in [0.4, 0.5) is 0 Å². The van der Waals surface area contributed by atoms with Crippen molar-refractivity contribution in [2.45, 2.75) is 70.5 Å². The summed E-state index contributed by atoms with van der Waals surface area (Å²) in [6.07, 6.45) is 4.95. The first-order chi connectivity index (χ1) is 21.1. The van der Waals surface area contributed by atoms with Gasteiger partial charge in [-0.25, -0.2) is 0 Å². The van der Waals surface area contributed by atoms with Gasteiger partial charge in [-0.15, -0.1) is 0 Å². The number of hydrogen-bond donors (Lipinski definition) is 3. The van der Waals surface area contributed by atoms with Gasteiger partial charge in [0.2, 0.25) is 5.91 Å². The van der Waals surface area contributed by atoms with Crippen molar-refractivity contribution < 1.29 is 4.79 Å². The number of nitrogens with one attached hydrogen (secondary N) is 1. The Balaban J connectivity index is 1.50. The quantitative estimate of drug-likeness (QED) is 0.123. The number of nitrogens with zero attached hydrogens (tertiary/aromatic N) is 3. The van der Waals surface area contributed by atoms with Crippen molar-refractivity contribution in [3.63, 3.8) is 0 Å². The van der Waals surface area contributed by atoms with E-state index in [9.17, 15) is 4.79 Å². The second kappa shape index (κ2) is 16.5. The summed E-state index contributed by atoms with van der Waals surface area (Å²) in [6, 6.07) is 20.5. The molecular weight excluding hydrogens is 591 g/mol. The van der Waals surface area contributed by atoms with Crippen LogP contribution in [0.1, 0.15) is 50.7 Å². The Morgan fingerprint density at radius 1 is 1.02 bits per heavy atom. The van der Waals surface area contributed by atoms with Crippen LogP contribution >= 0.6 is 23.2 Å². The molecule has 0 spiro atoms. The Morgan fingerprint density at radius 2 is 1.80 bits per heavy atom. The molecular formula is C35H48Cl2N6O. The van der Waals surface area contributed by atoms with Crippen molar-refractivity contribution in [1.29, 1.82) is 0 Å². The van der Waals surface area contributed by atoms with Crippen LogP contribution in [-0.2, 0) is 17.6 Å². The lowest BCUT2D eigenvalue weighted by Gasteiger charge is -2.48. The van der Waals surface area contributed by atoms with E-state index in [1.54, 1.807) is 13.1 Å². The molecule has 0 saturated carbocycles. The highest BCUT2D eigenvalue weighted by atomic mass is 35.5. The fourth-order valence-corrected chi connectivity index (χ4v) is 6.81. The summed E-state index contributed by atoms with van der Waals surface area (Å²) in [5, 5.41) is 6.77. The molecule has 3 aromatic rings. The van der Waals surface area contributed by atoms with E-state index in [-0.39, 0.29) is 24.0 Å². The topological polar surface area (TPSA) is 100.0 Å². The molecule has 1 fully saturated rings. The van der Waals surface area contributed by atoms with Crippen molar-refractivity contribution in [2.24, 2.45) is 22.4 Å². The van der Waals surface area contributed by atoms with E-state index in [0.29, 0.717) is 41.3 Å². The number of hydrogen-bond acceptors (Lipinski definition) is 4. The number of halogens is 2. The Bertz CT molecular complexity index is 1410. The lowest BCUT2D eigenvalue weighted by molar-refractivity contribution is -0.138. The number of fused-ring (bicyclic) bond motifs is 1. The van der Waals surface area contributed by atoms with Crippen molar-refractivity contribution in [3.05, 3.63) is 81.8 Å². The third-order valence-corrected chi connectivity index (χ3v) is 9.11. The molecule has 3 atom stereocenters. The molecule has 0 bridgehead atoms. The summed E-state index contributed by atoms with van der Waals surface area (Å²) in [5.41, 5.74) is 14.6. The number of nitrogens with two attached hydrogens (primary N) is 2. The molecule has 1 unspecified atom stereocenters. The van der Waals surface area contributed by atoms with Gasteiger partial charge in [0, 0.05) is 61.4 Å². The first-order valence-electron chi connectivity index (χ1n) is 15.8. The van der Waals surface area contributed by atoms with Crippen molar-refractivity contribution in [2.75, 3.05) is 33.2 Å². The smallest absolute Gasteiger partial charge is 0.227 e. The zero-order chi connectivity index (χ0) is 31.6. The van der Waals surface area contributed by atoms with Crippen LogP contribution in [-0.4, -0.2) is 73.0 Å². The van der Waals surface area contributed by atoms with Gasteiger partial charge in [0.25, 0.3) is 0 Å². The Labute approximate surface area is 273 Å². The first kappa shape index (κ1) is 34.0. The van der Waals surface area contributed by atoms with Gasteiger partial charge >= 0.3 is 0 Å². The third-order valence-electron chi connectivity index (χ3n) is 8.52. The molecule has 1 aliphatic rings. The minimum atomic E-state index is -0.0991. The highest BCUT2D eigenvalue weighted by molar-refractivity contribution is 6.35. The van der Waals surface area contributed by atoms with Crippen LogP contribution < -0.4 is 16.8 Å². The van der Waals surface area contributed by atoms with Crippen molar-refractivity contribution in [3.8, 4) is 0 Å². The largest absolute Gasteiger partial charge is 0.370 e. The minimum absolute atomic E-state index is 0.0991. The Hall–Kier alpha value is -2.84. The standard InChI is InChI=1S/C35H48Cl2N6O/c1-24(2)16-32-22-42(21-30(38)19-28-13-14-29(36)20-33(28)37)31(10-6-7-15-41-35(39)40-3)23-43(32)34(44)18-25-11-12-26-8-4-5-9-27(26)17-25/h4-5,8-9,11-14,17,20,24,30-32H,6-7,10,15-16,18-19,21-23,38H2,1-3H3,(H3,39,40,41)/t30-,31?,32+/m0/s1. The number of aliphatic imine (C=N–C) groups is 1. The van der Waals surface area contributed by atoms with Gasteiger partial charge in [-0.05, 0) is 65.6 Å². The summed E-state index contributed by atoms with van der Waals surface area (Å²) in [6.45, 7) is 7.47. The monoisotopic (exact) mass is 638 g/mol. The lowest BCUT2D eigenvalue weighted by atomic mass is 9.93. The number of rotatable bonds is 13. The second-order valence-electron chi connectivity index (χ2n) is 12.5. The van der Waals surface area contributed by atoms with Crippen molar-refractivity contribution in [1.82, 2.24) is 15.1 Å². The molecule has 4 rings (SSSR count). The average molecular weight is 640 g/mol. The summed E-state index contributed by atoms with van der Waals surface area (Å²) >= 11 is 12.6. The predicted molar refractivity (Wildman–Crippen MR) is 186 cm³/mol. The molecule has 1 saturated heterocycles. The zero-order valence-corrected chi connectivity index (χ0v) is 27.8. The van der Waals surface area contributed by atoms with E-state index in [1.165, 1.54) is 5.39 Å². The molecule has 0 radical (unpaired) electrons. The zero-order valence-electron chi connectivity index (χ0n) is 26.3. The van der Waals surface area contributed by atoms with Gasteiger partial charge in [-0.2, -0.15) is 0 Å². The average Bonchev–Trinajstić information content (AvgIpc) is 2.98. The molecule has 44 heavy (non-hydrogen) atoms. The minimum Gasteiger partial charge on any atom is -0.370 e. The first-order valence-corrected chi connectivity index (χ1v) is 16.5. The van der Waals surface area contributed by atoms with Crippen LogP contribution in [0.15, 0.2) is 65.7 Å². The highest BCUT2D eigenvalue weighted by Crippen LogP contribution is 2.27. The van der Waals surface area contributed by atoms with Crippen LogP contribution in [0, 0.1) is 5.92 Å². The Morgan fingerprint density at radius 3 is 2.52 bits per heavy atom. The number of carbonyl (C=O) groups excluding carboxylic acids is 1. The van der Waals surface area contributed by atoms with E-state index in [2.05, 4.69) is 64.3 Å². The molecule has 0 aliphatic carbocycles. The summed E-state index contributed by atoms with van der Waals surface area (Å²) < 4.78 is 0. The molecule has 0 aromatic heterocycles. The highest BCUT2D eigenvalue weighted by Gasteiger charge is 2.36. The third kappa shape index (κ3) is 9.83. The Kier molecular flexibility index (Phi) is 12.7. The number of piperazine rings is 1. The van der Waals surface area contributed by atoms with Crippen LogP contribution in [0.2, 0.25) is 10.0 Å². The molecule has 9 heteroatoms. The van der Waals surface area contributed by atoms with Gasteiger partial charge in [0.05, 0.1) is 6.42 Å². The molecule has 238 valence electrons. The number of guanidine groups is 1. The maximum absolute atomic E-state index is 14.0. The number of benzene rings is 3. The van der Waals surface area contributed by atoms with Gasteiger partial charge < -0.3 is 21.7 Å². The lowest BCUT2D eigenvalue weighted by Crippen LogP contribution is -2.62.